The number of benzene rings is 1. The zero-order valence-corrected chi connectivity index (χ0v) is 15.2. The number of fused-ring (bicyclic) bond motifs is 1. The van der Waals surface area contributed by atoms with Gasteiger partial charge < -0.3 is 14.5 Å². The molecule has 0 unspecified atom stereocenters. The molecule has 0 fully saturated rings. The maximum absolute atomic E-state index is 13.2. The van der Waals surface area contributed by atoms with Crippen LogP contribution in [0.15, 0.2) is 56.9 Å². The van der Waals surface area contributed by atoms with Crippen LogP contribution < -0.4 is 4.87 Å². The molecule has 1 aliphatic heterocycles. The molecule has 1 aliphatic rings. The van der Waals surface area contributed by atoms with E-state index in [0.29, 0.717) is 15.7 Å². The number of Topliss-reactive ketones (excluding diaryl/α,β-unsaturated/α-hetero) is 1. The summed E-state index contributed by atoms with van der Waals surface area (Å²) in [6, 6.07) is 8.26. The number of carbonyl (C=O) groups is 2. The molecule has 9 heteroatoms. The van der Waals surface area contributed by atoms with Crippen molar-refractivity contribution in [2.75, 3.05) is 0 Å². The van der Waals surface area contributed by atoms with Crippen molar-refractivity contribution in [3.63, 3.8) is 0 Å². The summed E-state index contributed by atoms with van der Waals surface area (Å²) in [5.41, 5.74) is 0.205. The summed E-state index contributed by atoms with van der Waals surface area (Å²) in [7, 11) is 0. The second kappa shape index (κ2) is 6.82. The summed E-state index contributed by atoms with van der Waals surface area (Å²) >= 11 is 1.87. The lowest BCUT2D eigenvalue weighted by molar-refractivity contribution is -0.137. The fourth-order valence-corrected chi connectivity index (χ4v) is 5.63. The number of furan rings is 1. The average Bonchev–Trinajstić information content (AvgIpc) is 3.28. The van der Waals surface area contributed by atoms with E-state index in [4.69, 9.17) is 4.42 Å². The van der Waals surface area contributed by atoms with Crippen LogP contribution in [0.2, 0.25) is 0 Å². The fraction of sp³-hybridized carbons (Fsp3) is 0.167. The maximum atomic E-state index is 13.2. The van der Waals surface area contributed by atoms with Gasteiger partial charge in [0.15, 0.2) is 5.78 Å². The number of carboxylic acids is 1. The van der Waals surface area contributed by atoms with Gasteiger partial charge in [-0.2, -0.15) is 0 Å². The SMILES string of the molecule is O=C(c1ccc(F)cc1)[C@@H]1[C@H](c2ccco2)c2sc(=O)[nH]c2S[C@@H]1C(=O)O. The van der Waals surface area contributed by atoms with Crippen molar-refractivity contribution in [1.29, 1.82) is 0 Å². The van der Waals surface area contributed by atoms with Crippen LogP contribution in [0.1, 0.15) is 26.9 Å². The molecule has 0 amide bonds. The summed E-state index contributed by atoms with van der Waals surface area (Å²) in [4.78, 5) is 39.9. The summed E-state index contributed by atoms with van der Waals surface area (Å²) in [5.74, 6) is -3.44. The number of halogens is 1. The number of H-pyrrole nitrogens is 1. The molecule has 0 saturated carbocycles. The zero-order chi connectivity index (χ0) is 19.1. The van der Waals surface area contributed by atoms with Gasteiger partial charge in [0.2, 0.25) is 0 Å². The number of rotatable bonds is 4. The van der Waals surface area contributed by atoms with Crippen LogP contribution in [0.4, 0.5) is 4.39 Å². The number of thioether (sulfide) groups is 1. The van der Waals surface area contributed by atoms with Crippen molar-refractivity contribution in [3.8, 4) is 0 Å². The highest BCUT2D eigenvalue weighted by atomic mass is 32.2. The van der Waals surface area contributed by atoms with Gasteiger partial charge in [-0.1, -0.05) is 23.1 Å². The largest absolute Gasteiger partial charge is 0.480 e. The van der Waals surface area contributed by atoms with E-state index < -0.39 is 34.7 Å². The first-order valence-electron chi connectivity index (χ1n) is 7.91. The number of aliphatic carboxylic acids is 1. The second-order valence-corrected chi connectivity index (χ2v) is 8.14. The van der Waals surface area contributed by atoms with Crippen LogP contribution >= 0.6 is 23.1 Å². The number of carbonyl (C=O) groups excluding carboxylic acids is 1. The van der Waals surface area contributed by atoms with Crippen molar-refractivity contribution in [2.45, 2.75) is 16.2 Å². The smallest absolute Gasteiger partial charge is 0.317 e. The summed E-state index contributed by atoms with van der Waals surface area (Å²) in [6.45, 7) is 0. The normalized spacial score (nSPS) is 21.6. The van der Waals surface area contributed by atoms with Gasteiger partial charge in [-0.25, -0.2) is 4.39 Å². The third kappa shape index (κ3) is 3.13. The van der Waals surface area contributed by atoms with E-state index in [-0.39, 0.29) is 10.4 Å². The number of carboxylic acid groups (broad SMARTS) is 1. The summed E-state index contributed by atoms with van der Waals surface area (Å²) < 4.78 is 18.7. The molecular formula is C18H12FNO5S2. The Labute approximate surface area is 160 Å². The van der Waals surface area contributed by atoms with Gasteiger partial charge in [-0.15, -0.1) is 0 Å². The molecule has 27 heavy (non-hydrogen) atoms. The quantitative estimate of drug-likeness (QED) is 0.646. The Bertz CT molecular complexity index is 1050. The lowest BCUT2D eigenvalue weighted by Gasteiger charge is -2.33. The molecule has 3 heterocycles. The van der Waals surface area contributed by atoms with E-state index >= 15 is 0 Å². The van der Waals surface area contributed by atoms with Crippen molar-refractivity contribution >= 4 is 34.9 Å². The van der Waals surface area contributed by atoms with E-state index in [0.717, 1.165) is 35.2 Å². The van der Waals surface area contributed by atoms with Crippen LogP contribution in [-0.2, 0) is 4.79 Å². The van der Waals surface area contributed by atoms with Crippen LogP contribution in [0.25, 0.3) is 0 Å². The topological polar surface area (TPSA) is 100 Å². The molecule has 6 nitrogen and oxygen atoms in total. The standard InChI is InChI=1S/C18H12FNO5S2/c19-9-5-3-8(4-6-9)13(21)12-11(10-2-1-7-25-10)14-16(20-18(24)27-14)26-15(12)17(22)23/h1-7,11-12,15H,(H,20,24)(H,22,23)/t11-,12-,15-/m0/s1. The number of ketones is 1. The predicted octanol–water partition coefficient (Wildman–Crippen LogP) is 3.36. The summed E-state index contributed by atoms with van der Waals surface area (Å²) in [6.07, 6.45) is 1.43. The molecular weight excluding hydrogens is 393 g/mol. The molecule has 0 radical (unpaired) electrons. The fourth-order valence-electron chi connectivity index (χ4n) is 3.23. The minimum atomic E-state index is -1.17. The molecule has 3 aromatic rings. The molecule has 2 N–H and O–H groups in total. The Kier molecular flexibility index (Phi) is 4.48. The van der Waals surface area contributed by atoms with E-state index in [1.54, 1.807) is 12.1 Å². The van der Waals surface area contributed by atoms with Gasteiger partial charge in [0.25, 0.3) is 0 Å². The lowest BCUT2D eigenvalue weighted by Crippen LogP contribution is -2.39. The van der Waals surface area contributed by atoms with Crippen LogP contribution in [-0.4, -0.2) is 27.1 Å². The Morgan fingerprint density at radius 1 is 1.19 bits per heavy atom. The number of thiazole rings is 1. The highest BCUT2D eigenvalue weighted by Gasteiger charge is 2.48. The summed E-state index contributed by atoms with van der Waals surface area (Å²) in [5, 5.41) is 9.05. The molecule has 2 aromatic heterocycles. The molecule has 1 aromatic carbocycles. The number of nitrogens with one attached hydrogen (secondary N) is 1. The third-order valence-corrected chi connectivity index (χ3v) is 6.78. The Morgan fingerprint density at radius 2 is 1.93 bits per heavy atom. The first kappa shape index (κ1) is 17.7. The molecule has 3 atom stereocenters. The van der Waals surface area contributed by atoms with Crippen LogP contribution in [0, 0.1) is 11.7 Å². The second-order valence-electron chi connectivity index (χ2n) is 5.97. The Balaban J connectivity index is 1.88. The first-order valence-corrected chi connectivity index (χ1v) is 9.61. The average molecular weight is 405 g/mol. The third-order valence-electron chi connectivity index (χ3n) is 4.38. The van der Waals surface area contributed by atoms with Gasteiger partial charge in [-0.05, 0) is 36.4 Å². The lowest BCUT2D eigenvalue weighted by atomic mass is 9.80. The van der Waals surface area contributed by atoms with E-state index in [2.05, 4.69) is 4.98 Å². The van der Waals surface area contributed by atoms with Gasteiger partial charge in [0.1, 0.15) is 16.8 Å². The van der Waals surface area contributed by atoms with Gasteiger partial charge >= 0.3 is 10.8 Å². The molecule has 4 rings (SSSR count). The van der Waals surface area contributed by atoms with E-state index in [1.165, 1.54) is 18.4 Å². The molecule has 0 bridgehead atoms. The predicted molar refractivity (Wildman–Crippen MR) is 97.0 cm³/mol. The van der Waals surface area contributed by atoms with E-state index in [9.17, 15) is 23.9 Å². The number of aromatic nitrogens is 1. The highest BCUT2D eigenvalue weighted by molar-refractivity contribution is 8.00. The Morgan fingerprint density at radius 3 is 2.56 bits per heavy atom. The van der Waals surface area contributed by atoms with Crippen LogP contribution in [0.3, 0.4) is 0 Å². The number of hydrogen-bond acceptors (Lipinski definition) is 6. The van der Waals surface area contributed by atoms with Crippen molar-refractivity contribution in [2.24, 2.45) is 5.92 Å². The maximum Gasteiger partial charge on any atom is 0.317 e. The minimum absolute atomic E-state index is 0.205. The molecule has 0 aliphatic carbocycles. The minimum Gasteiger partial charge on any atom is -0.480 e. The highest BCUT2D eigenvalue weighted by Crippen LogP contribution is 2.50. The Hall–Kier alpha value is -2.65. The van der Waals surface area contributed by atoms with Gasteiger partial charge in [0, 0.05) is 5.56 Å². The molecule has 0 saturated heterocycles. The van der Waals surface area contributed by atoms with Crippen molar-refractivity contribution < 1.29 is 23.5 Å². The van der Waals surface area contributed by atoms with E-state index in [1.807, 2.05) is 0 Å². The number of hydrogen-bond donors (Lipinski definition) is 2. The number of aromatic amines is 1. The van der Waals surface area contributed by atoms with Crippen molar-refractivity contribution in [1.82, 2.24) is 4.98 Å². The first-order chi connectivity index (χ1) is 13.0. The molecule has 0 spiro atoms. The zero-order valence-electron chi connectivity index (χ0n) is 13.5. The van der Waals surface area contributed by atoms with Crippen molar-refractivity contribution in [3.05, 3.63) is 74.3 Å². The van der Waals surface area contributed by atoms with Gasteiger partial charge in [-0.3, -0.25) is 14.4 Å². The van der Waals surface area contributed by atoms with Gasteiger partial charge in [0.05, 0.1) is 28.0 Å². The van der Waals surface area contributed by atoms with Crippen LogP contribution in [0.5, 0.6) is 0 Å². The molecule has 138 valence electrons. The monoisotopic (exact) mass is 405 g/mol.